The van der Waals surface area contributed by atoms with Gasteiger partial charge >= 0.3 is 6.09 Å². The summed E-state index contributed by atoms with van der Waals surface area (Å²) in [5.74, 6) is -0.183. The molecule has 9 heteroatoms. The van der Waals surface area contributed by atoms with Crippen molar-refractivity contribution in [3.63, 3.8) is 0 Å². The number of carbonyl (C=O) groups excluding carboxylic acids is 2. The van der Waals surface area contributed by atoms with Crippen molar-refractivity contribution in [2.75, 3.05) is 47.4 Å². The molecule has 1 aliphatic carbocycles. The van der Waals surface area contributed by atoms with Crippen molar-refractivity contribution >= 4 is 12.0 Å². The zero-order valence-electron chi connectivity index (χ0n) is 20.3. The van der Waals surface area contributed by atoms with E-state index in [1.807, 2.05) is 0 Å². The molecule has 6 atom stereocenters. The van der Waals surface area contributed by atoms with E-state index in [0.29, 0.717) is 26.1 Å². The standard InChI is InChI=1S/C23H39N3O6/c1-15(2)7-8-17-22(3,32-17)20-19(29-6)16(9-10-23(20)14-30-23)31-21(28)26(5)12-11-25(4)18(27)13-24/h7,16-17,19-20H,8-14,24H2,1-6H3/t16?,17-,19?,20?,22?,23+/m1/s1. The van der Waals surface area contributed by atoms with Gasteiger partial charge in [-0.2, -0.15) is 0 Å². The third kappa shape index (κ3) is 5.11. The molecule has 0 radical (unpaired) electrons. The third-order valence-corrected chi connectivity index (χ3v) is 7.17. The minimum absolute atomic E-state index is 0.0132. The van der Waals surface area contributed by atoms with E-state index in [9.17, 15) is 9.59 Å². The Bertz CT molecular complexity index is 735. The number of allylic oxidation sites excluding steroid dienone is 1. The van der Waals surface area contributed by atoms with Crippen LogP contribution in [0.3, 0.4) is 0 Å². The third-order valence-electron chi connectivity index (χ3n) is 7.17. The van der Waals surface area contributed by atoms with Crippen molar-refractivity contribution in [3.05, 3.63) is 11.6 Å². The molecule has 1 saturated carbocycles. The van der Waals surface area contributed by atoms with Gasteiger partial charge in [-0.3, -0.25) is 4.79 Å². The van der Waals surface area contributed by atoms with Gasteiger partial charge in [-0.15, -0.1) is 0 Å². The van der Waals surface area contributed by atoms with Crippen LogP contribution in [0.4, 0.5) is 4.79 Å². The minimum atomic E-state index is -0.431. The molecule has 0 aromatic heterocycles. The number of methoxy groups -OCH3 is 1. The summed E-state index contributed by atoms with van der Waals surface area (Å²) in [7, 11) is 4.99. The molecule has 3 aliphatic rings. The smallest absolute Gasteiger partial charge is 0.409 e. The van der Waals surface area contributed by atoms with Gasteiger partial charge in [0.1, 0.15) is 23.4 Å². The lowest BCUT2D eigenvalue weighted by Gasteiger charge is -2.43. The summed E-state index contributed by atoms with van der Waals surface area (Å²) in [6, 6.07) is 0. The lowest BCUT2D eigenvalue weighted by atomic mass is 9.68. The minimum Gasteiger partial charge on any atom is -0.443 e. The number of hydrogen-bond acceptors (Lipinski definition) is 7. The van der Waals surface area contributed by atoms with Crippen molar-refractivity contribution in [2.45, 2.75) is 69.5 Å². The largest absolute Gasteiger partial charge is 0.443 e. The maximum atomic E-state index is 12.8. The van der Waals surface area contributed by atoms with Crippen LogP contribution < -0.4 is 5.73 Å². The van der Waals surface area contributed by atoms with Gasteiger partial charge in [0.2, 0.25) is 5.91 Å². The number of nitrogens with two attached hydrogens (primary N) is 1. The van der Waals surface area contributed by atoms with E-state index in [0.717, 1.165) is 12.8 Å². The zero-order valence-corrected chi connectivity index (χ0v) is 20.3. The zero-order chi connectivity index (χ0) is 23.7. The van der Waals surface area contributed by atoms with E-state index in [1.165, 1.54) is 15.4 Å². The fraction of sp³-hybridized carbons (Fsp3) is 0.826. The first kappa shape index (κ1) is 25.0. The summed E-state index contributed by atoms with van der Waals surface area (Å²) < 4.78 is 24.0. The average Bonchev–Trinajstić information content (AvgIpc) is 3.67. The fourth-order valence-electron chi connectivity index (χ4n) is 4.96. The van der Waals surface area contributed by atoms with Gasteiger partial charge in [0, 0.05) is 34.3 Å². The molecule has 32 heavy (non-hydrogen) atoms. The van der Waals surface area contributed by atoms with Crippen molar-refractivity contribution < 1.29 is 28.5 Å². The van der Waals surface area contributed by atoms with Gasteiger partial charge in [0.15, 0.2) is 0 Å². The Morgan fingerprint density at radius 2 is 1.88 bits per heavy atom. The monoisotopic (exact) mass is 453 g/mol. The van der Waals surface area contributed by atoms with Crippen LogP contribution in [0, 0.1) is 5.92 Å². The number of epoxide rings is 2. The van der Waals surface area contributed by atoms with Crippen molar-refractivity contribution in [1.82, 2.24) is 9.80 Å². The number of carbonyl (C=O) groups is 2. The van der Waals surface area contributed by atoms with Gasteiger partial charge < -0.3 is 34.5 Å². The molecule has 2 aliphatic heterocycles. The number of likely N-dealkylation sites (N-methyl/N-ethyl adjacent to an activating group) is 2. The Hall–Kier alpha value is -1.68. The predicted octanol–water partition coefficient (Wildman–Crippen LogP) is 1.55. The van der Waals surface area contributed by atoms with E-state index < -0.39 is 6.09 Å². The fourth-order valence-corrected chi connectivity index (χ4v) is 4.96. The molecule has 2 N–H and O–H groups in total. The molecule has 0 aromatic carbocycles. The summed E-state index contributed by atoms with van der Waals surface area (Å²) >= 11 is 0. The van der Waals surface area contributed by atoms with Crippen LogP contribution in [0.5, 0.6) is 0 Å². The summed E-state index contributed by atoms with van der Waals surface area (Å²) in [5.41, 5.74) is 6.02. The Morgan fingerprint density at radius 1 is 1.22 bits per heavy atom. The molecule has 3 rings (SSSR count). The maximum absolute atomic E-state index is 12.8. The number of amides is 2. The predicted molar refractivity (Wildman–Crippen MR) is 119 cm³/mol. The molecular weight excluding hydrogens is 414 g/mol. The van der Waals surface area contributed by atoms with Crippen LogP contribution in [0.15, 0.2) is 11.6 Å². The van der Waals surface area contributed by atoms with Gasteiger partial charge in [-0.1, -0.05) is 11.6 Å². The van der Waals surface area contributed by atoms with Gasteiger partial charge in [0.25, 0.3) is 0 Å². The van der Waals surface area contributed by atoms with E-state index in [2.05, 4.69) is 26.8 Å². The normalized spacial score (nSPS) is 35.2. The average molecular weight is 454 g/mol. The highest BCUT2D eigenvalue weighted by Crippen LogP contribution is 2.59. The first-order valence-corrected chi connectivity index (χ1v) is 11.4. The SMILES string of the molecule is COC1C(OC(=O)N(C)CCN(C)C(=O)CN)CC[C@]2(CO2)C1C1(C)O[C@@H]1CC=C(C)C. The summed E-state index contributed by atoms with van der Waals surface area (Å²) in [6.07, 6.45) is 3.50. The molecule has 0 bridgehead atoms. The van der Waals surface area contributed by atoms with Gasteiger partial charge in [-0.05, 0) is 40.0 Å². The molecule has 3 fully saturated rings. The topological polar surface area (TPSA) is 110 Å². The second kappa shape index (κ2) is 9.67. The second-order valence-corrected chi connectivity index (χ2v) is 9.74. The Morgan fingerprint density at radius 3 is 2.44 bits per heavy atom. The first-order chi connectivity index (χ1) is 15.1. The molecule has 182 valence electrons. The highest BCUT2D eigenvalue weighted by atomic mass is 16.6. The van der Waals surface area contributed by atoms with Crippen LogP contribution >= 0.6 is 0 Å². The lowest BCUT2D eigenvalue weighted by molar-refractivity contribution is -0.128. The van der Waals surface area contributed by atoms with E-state index >= 15 is 0 Å². The Kier molecular flexibility index (Phi) is 7.54. The molecule has 1 spiro atoms. The van der Waals surface area contributed by atoms with E-state index in [4.69, 9.17) is 24.7 Å². The van der Waals surface area contributed by atoms with Gasteiger partial charge in [-0.25, -0.2) is 4.79 Å². The number of ether oxygens (including phenoxy) is 4. The highest BCUT2D eigenvalue weighted by Gasteiger charge is 2.72. The van der Waals surface area contributed by atoms with Crippen LogP contribution in [0.1, 0.15) is 40.0 Å². The summed E-state index contributed by atoms with van der Waals surface area (Å²) in [5, 5.41) is 0. The van der Waals surface area contributed by atoms with Crippen LogP contribution in [-0.4, -0.2) is 98.8 Å². The van der Waals surface area contributed by atoms with Crippen molar-refractivity contribution in [2.24, 2.45) is 11.7 Å². The van der Waals surface area contributed by atoms with Crippen LogP contribution in [0.25, 0.3) is 0 Å². The van der Waals surface area contributed by atoms with E-state index in [-0.39, 0.29) is 47.9 Å². The maximum Gasteiger partial charge on any atom is 0.409 e. The van der Waals surface area contributed by atoms with Crippen molar-refractivity contribution in [1.29, 1.82) is 0 Å². The number of rotatable bonds is 9. The Balaban J connectivity index is 1.63. The molecule has 4 unspecified atom stereocenters. The first-order valence-electron chi connectivity index (χ1n) is 11.4. The summed E-state index contributed by atoms with van der Waals surface area (Å²) in [6.45, 7) is 7.66. The highest BCUT2D eigenvalue weighted by molar-refractivity contribution is 5.77. The second-order valence-electron chi connectivity index (χ2n) is 9.74. The quantitative estimate of drug-likeness (QED) is 0.417. The lowest BCUT2D eigenvalue weighted by Crippen LogP contribution is -2.56. The summed E-state index contributed by atoms with van der Waals surface area (Å²) in [4.78, 5) is 27.4. The molecule has 2 saturated heterocycles. The molecular formula is C23H39N3O6. The van der Waals surface area contributed by atoms with E-state index in [1.54, 1.807) is 21.2 Å². The van der Waals surface area contributed by atoms with Gasteiger partial charge in [0.05, 0.1) is 25.2 Å². The molecule has 0 aromatic rings. The van der Waals surface area contributed by atoms with Crippen LogP contribution in [0.2, 0.25) is 0 Å². The molecule has 2 amide bonds. The van der Waals surface area contributed by atoms with Crippen LogP contribution in [-0.2, 0) is 23.7 Å². The molecule has 2 heterocycles. The molecule has 9 nitrogen and oxygen atoms in total. The number of hydrogen-bond donors (Lipinski definition) is 1. The van der Waals surface area contributed by atoms with Crippen molar-refractivity contribution in [3.8, 4) is 0 Å². The Labute approximate surface area is 191 Å². The number of nitrogens with zero attached hydrogens (tertiary/aromatic N) is 2.